The average Bonchev–Trinajstić information content (AvgIpc) is 3.54. The second kappa shape index (κ2) is 12.1. The third kappa shape index (κ3) is 4.99. The number of ether oxygens (including phenoxy) is 1. The highest BCUT2D eigenvalue weighted by atomic mass is 16.5. The lowest BCUT2D eigenvalue weighted by Gasteiger charge is -2.40. The summed E-state index contributed by atoms with van der Waals surface area (Å²) < 4.78 is 6.62. The Balaban J connectivity index is 1.69. The van der Waals surface area contributed by atoms with Gasteiger partial charge in [-0.1, -0.05) is 38.3 Å². The second-order valence-corrected chi connectivity index (χ2v) is 11.2. The lowest BCUT2D eigenvalue weighted by molar-refractivity contribution is -0.150. The van der Waals surface area contributed by atoms with Crippen molar-refractivity contribution in [3.63, 3.8) is 0 Å². The first-order chi connectivity index (χ1) is 17.9. The molecule has 8 nitrogen and oxygen atoms in total. The summed E-state index contributed by atoms with van der Waals surface area (Å²) in [6.45, 7) is 11.6. The molecule has 2 bridgehead atoms. The fraction of sp³-hybridized carbons (Fsp3) is 0.759. The number of likely N-dealkylation sites (tertiary alicyclic amines) is 1. The van der Waals surface area contributed by atoms with Crippen LogP contribution in [0.4, 0.5) is 0 Å². The molecule has 4 aliphatic rings. The van der Waals surface area contributed by atoms with E-state index < -0.39 is 23.5 Å². The lowest BCUT2D eigenvalue weighted by atomic mass is 9.70. The Morgan fingerprint density at radius 3 is 2.49 bits per heavy atom. The molecule has 4 fully saturated rings. The van der Waals surface area contributed by atoms with Crippen molar-refractivity contribution in [1.82, 2.24) is 14.7 Å². The number of hydrogen-bond acceptors (Lipinski definition) is 5. The van der Waals surface area contributed by atoms with E-state index in [4.69, 9.17) is 4.74 Å². The third-order valence-electron chi connectivity index (χ3n) is 8.91. The molecule has 2 unspecified atom stereocenters. The molecular weight excluding hydrogens is 470 g/mol. The van der Waals surface area contributed by atoms with E-state index in [-0.39, 0.29) is 36.5 Å². The number of nitrogens with zero attached hydrogens (tertiary/aromatic N) is 3. The molecule has 37 heavy (non-hydrogen) atoms. The molecule has 5 atom stereocenters. The maximum absolute atomic E-state index is 14.4. The van der Waals surface area contributed by atoms with Crippen LogP contribution in [0.2, 0.25) is 0 Å². The number of hydrogen-bond donors (Lipinski definition) is 1. The highest BCUT2D eigenvalue weighted by Crippen LogP contribution is 2.59. The van der Waals surface area contributed by atoms with E-state index in [1.165, 1.54) is 6.42 Å². The number of aliphatic hydroxyl groups excluding tert-OH is 1. The van der Waals surface area contributed by atoms with E-state index in [9.17, 15) is 19.5 Å². The van der Waals surface area contributed by atoms with E-state index >= 15 is 0 Å². The van der Waals surface area contributed by atoms with Crippen LogP contribution in [0, 0.1) is 11.8 Å². The molecule has 1 N–H and O–H groups in total. The summed E-state index contributed by atoms with van der Waals surface area (Å²) in [5.74, 6) is -1.51. The standard InChI is InChI=1S/C29H45N3O5/c1-4-16-30(17-5-2)26(34)23-22-14-15-29(37-22)24(23)27(35)32(19-10-11-20-33)25(29)28(36)31(18-6-3)21-12-8-7-9-13-21/h4,6,21-25,33H,1,3,5,7-20H2,2H3/t22-,23+,24-,25?,29?/m0/s1. The van der Waals surface area contributed by atoms with Crippen LogP contribution in [0.3, 0.4) is 0 Å². The predicted octanol–water partition coefficient (Wildman–Crippen LogP) is 2.91. The SMILES string of the molecule is C=CCN(CCC)C(=O)[C@@H]1[C@@H]2CCC3(O2)C(C(=O)N(CC=C)C2CCCCC2)N(CCCCO)C(=O)[C@H]13. The number of unbranched alkanes of at least 4 members (excludes halogenated alkanes) is 1. The fourth-order valence-electron chi connectivity index (χ4n) is 7.38. The van der Waals surface area contributed by atoms with Crippen molar-refractivity contribution >= 4 is 17.7 Å². The molecule has 1 saturated carbocycles. The molecule has 4 rings (SSSR count). The molecule has 0 aromatic carbocycles. The molecule has 1 aliphatic carbocycles. The maximum atomic E-state index is 14.4. The highest BCUT2D eigenvalue weighted by Gasteiger charge is 2.74. The summed E-state index contributed by atoms with van der Waals surface area (Å²) in [6.07, 6.45) is 11.7. The molecule has 0 radical (unpaired) electrons. The van der Waals surface area contributed by atoms with E-state index in [1.54, 1.807) is 22.0 Å². The Morgan fingerprint density at radius 2 is 1.84 bits per heavy atom. The van der Waals surface area contributed by atoms with Crippen LogP contribution >= 0.6 is 0 Å². The minimum Gasteiger partial charge on any atom is -0.396 e. The van der Waals surface area contributed by atoms with Gasteiger partial charge in [-0.3, -0.25) is 14.4 Å². The molecule has 1 spiro atoms. The number of carbonyl (C=O) groups is 3. The molecule has 206 valence electrons. The number of fused-ring (bicyclic) bond motifs is 1. The van der Waals surface area contributed by atoms with Gasteiger partial charge in [-0.2, -0.15) is 0 Å². The van der Waals surface area contributed by atoms with Crippen molar-refractivity contribution in [1.29, 1.82) is 0 Å². The third-order valence-corrected chi connectivity index (χ3v) is 8.91. The molecular formula is C29H45N3O5. The van der Waals surface area contributed by atoms with Crippen molar-refractivity contribution in [2.45, 2.75) is 94.9 Å². The van der Waals surface area contributed by atoms with E-state index in [0.29, 0.717) is 51.9 Å². The second-order valence-electron chi connectivity index (χ2n) is 11.2. The van der Waals surface area contributed by atoms with Crippen LogP contribution in [0.25, 0.3) is 0 Å². The van der Waals surface area contributed by atoms with Gasteiger partial charge in [-0.05, 0) is 44.9 Å². The highest BCUT2D eigenvalue weighted by molar-refractivity contribution is 5.99. The molecule has 3 heterocycles. The van der Waals surface area contributed by atoms with Crippen molar-refractivity contribution in [2.24, 2.45) is 11.8 Å². The van der Waals surface area contributed by atoms with Crippen molar-refractivity contribution in [3.05, 3.63) is 25.3 Å². The summed E-state index contributed by atoms with van der Waals surface area (Å²) in [4.78, 5) is 47.7. The van der Waals surface area contributed by atoms with Crippen LogP contribution in [-0.2, 0) is 19.1 Å². The first-order valence-corrected chi connectivity index (χ1v) is 14.3. The minimum atomic E-state index is -0.974. The van der Waals surface area contributed by atoms with Crippen LogP contribution in [-0.4, -0.2) is 94.1 Å². The van der Waals surface area contributed by atoms with Crippen LogP contribution in [0.5, 0.6) is 0 Å². The zero-order valence-electron chi connectivity index (χ0n) is 22.5. The first kappa shape index (κ1) is 27.8. The minimum absolute atomic E-state index is 0.0348. The number of carbonyl (C=O) groups excluding carboxylic acids is 3. The Bertz CT molecular complexity index is 872. The molecule has 3 aliphatic heterocycles. The fourth-order valence-corrected chi connectivity index (χ4v) is 7.38. The summed E-state index contributed by atoms with van der Waals surface area (Å²) in [7, 11) is 0. The Morgan fingerprint density at radius 1 is 1.11 bits per heavy atom. The van der Waals surface area contributed by atoms with Crippen LogP contribution < -0.4 is 0 Å². The summed E-state index contributed by atoms with van der Waals surface area (Å²) >= 11 is 0. The molecule has 8 heteroatoms. The lowest BCUT2D eigenvalue weighted by Crippen LogP contribution is -2.58. The summed E-state index contributed by atoms with van der Waals surface area (Å²) in [5, 5.41) is 9.38. The van der Waals surface area contributed by atoms with Crippen LogP contribution in [0.1, 0.15) is 71.1 Å². The Labute approximate surface area is 221 Å². The largest absolute Gasteiger partial charge is 0.396 e. The van der Waals surface area contributed by atoms with Gasteiger partial charge in [0.2, 0.25) is 17.7 Å². The average molecular weight is 516 g/mol. The normalized spacial score (nSPS) is 30.9. The Kier molecular flexibility index (Phi) is 9.11. The van der Waals surface area contributed by atoms with Gasteiger partial charge in [-0.15, -0.1) is 13.2 Å². The van der Waals surface area contributed by atoms with Crippen molar-refractivity contribution < 1.29 is 24.2 Å². The van der Waals surface area contributed by atoms with Gasteiger partial charge in [0.25, 0.3) is 0 Å². The van der Waals surface area contributed by atoms with Crippen molar-refractivity contribution in [3.8, 4) is 0 Å². The quantitative estimate of drug-likeness (QED) is 0.301. The zero-order valence-corrected chi connectivity index (χ0v) is 22.5. The van der Waals surface area contributed by atoms with Crippen LogP contribution in [0.15, 0.2) is 25.3 Å². The van der Waals surface area contributed by atoms with Gasteiger partial charge in [0.1, 0.15) is 11.6 Å². The number of rotatable bonds is 13. The summed E-state index contributed by atoms with van der Waals surface area (Å²) in [6, 6.07) is -0.611. The number of aliphatic hydroxyl groups is 1. The van der Waals surface area contributed by atoms with Gasteiger partial charge >= 0.3 is 0 Å². The molecule has 3 saturated heterocycles. The molecule has 0 aromatic heterocycles. The van der Waals surface area contributed by atoms with Gasteiger partial charge in [0.05, 0.1) is 17.9 Å². The van der Waals surface area contributed by atoms with E-state index in [0.717, 1.165) is 32.1 Å². The van der Waals surface area contributed by atoms with Gasteiger partial charge in [0.15, 0.2) is 0 Å². The van der Waals surface area contributed by atoms with E-state index in [2.05, 4.69) is 13.2 Å². The molecule has 0 aromatic rings. The predicted molar refractivity (Wildman–Crippen MR) is 141 cm³/mol. The van der Waals surface area contributed by atoms with E-state index in [1.807, 2.05) is 11.8 Å². The van der Waals surface area contributed by atoms with Gasteiger partial charge < -0.3 is 24.5 Å². The van der Waals surface area contributed by atoms with Gasteiger partial charge in [-0.25, -0.2) is 0 Å². The molecule has 3 amide bonds. The topological polar surface area (TPSA) is 90.4 Å². The number of amides is 3. The van der Waals surface area contributed by atoms with Crippen molar-refractivity contribution in [2.75, 3.05) is 32.8 Å². The monoisotopic (exact) mass is 515 g/mol. The first-order valence-electron chi connectivity index (χ1n) is 14.3. The Hall–Kier alpha value is -2.19. The summed E-state index contributed by atoms with van der Waals surface area (Å²) in [5.41, 5.74) is -0.974. The zero-order chi connectivity index (χ0) is 26.6. The smallest absolute Gasteiger partial charge is 0.248 e. The van der Waals surface area contributed by atoms with Gasteiger partial charge in [0, 0.05) is 38.8 Å². The maximum Gasteiger partial charge on any atom is 0.248 e.